The van der Waals surface area contributed by atoms with Crippen molar-refractivity contribution in [2.75, 3.05) is 39.3 Å². The van der Waals surface area contributed by atoms with Gasteiger partial charge in [0.1, 0.15) is 18.1 Å². The van der Waals surface area contributed by atoms with Crippen LogP contribution < -0.4 is 14.8 Å². The summed E-state index contributed by atoms with van der Waals surface area (Å²) in [6.45, 7) is 5.60. The SMILES string of the molecule is c1ccc2sc(Oc3ccc(OCCN4CC[N]CC4)cc3)nc2c1. The lowest BCUT2D eigenvalue weighted by molar-refractivity contribution is 0.190. The molecule has 2 aromatic carbocycles. The summed E-state index contributed by atoms with van der Waals surface area (Å²) in [7, 11) is 0. The zero-order chi connectivity index (χ0) is 16.9. The van der Waals surface area contributed by atoms with Crippen molar-refractivity contribution >= 4 is 21.6 Å². The van der Waals surface area contributed by atoms with Crippen molar-refractivity contribution in [2.45, 2.75) is 0 Å². The normalized spacial score (nSPS) is 15.4. The second-order valence-corrected chi connectivity index (χ2v) is 6.88. The lowest BCUT2D eigenvalue weighted by atomic mass is 10.3. The molecule has 0 N–H and O–H groups in total. The van der Waals surface area contributed by atoms with Crippen molar-refractivity contribution in [3.8, 4) is 16.7 Å². The molecule has 1 aromatic heterocycles. The predicted octanol–water partition coefficient (Wildman–Crippen LogP) is 3.39. The highest BCUT2D eigenvalue weighted by Gasteiger charge is 2.10. The Balaban J connectivity index is 1.30. The second-order valence-electron chi connectivity index (χ2n) is 5.88. The predicted molar refractivity (Wildman–Crippen MR) is 99.9 cm³/mol. The minimum atomic E-state index is 0.658. The van der Waals surface area contributed by atoms with Crippen molar-refractivity contribution in [1.29, 1.82) is 0 Å². The molecule has 1 aliphatic rings. The fourth-order valence-electron chi connectivity index (χ4n) is 2.76. The van der Waals surface area contributed by atoms with Crippen LogP contribution in [-0.2, 0) is 0 Å². The molecule has 0 atom stereocenters. The van der Waals surface area contributed by atoms with Crippen molar-refractivity contribution in [1.82, 2.24) is 15.2 Å². The van der Waals surface area contributed by atoms with E-state index < -0.39 is 0 Å². The first-order valence-corrected chi connectivity index (χ1v) is 9.30. The lowest BCUT2D eigenvalue weighted by Crippen LogP contribution is -2.42. The van der Waals surface area contributed by atoms with E-state index in [1.54, 1.807) is 11.3 Å². The molecule has 0 amide bonds. The van der Waals surface area contributed by atoms with E-state index >= 15 is 0 Å². The third-order valence-electron chi connectivity index (χ3n) is 4.13. The van der Waals surface area contributed by atoms with E-state index in [-0.39, 0.29) is 0 Å². The van der Waals surface area contributed by atoms with Gasteiger partial charge in [-0.3, -0.25) is 4.90 Å². The highest BCUT2D eigenvalue weighted by molar-refractivity contribution is 7.20. The Kier molecular flexibility index (Phi) is 5.11. The average molecular weight is 354 g/mol. The van der Waals surface area contributed by atoms with E-state index in [9.17, 15) is 0 Å². The Morgan fingerprint density at radius 3 is 2.52 bits per heavy atom. The number of hydrogen-bond donors (Lipinski definition) is 0. The van der Waals surface area contributed by atoms with Crippen LogP contribution in [0, 0.1) is 0 Å². The standard InChI is InChI=1S/C19H20N3O2S/c1-2-4-18-17(3-1)21-19(25-18)24-16-7-5-15(6-8-16)23-14-13-22-11-9-20-10-12-22/h1-8H,9-14H2. The maximum absolute atomic E-state index is 5.85. The first-order valence-electron chi connectivity index (χ1n) is 8.49. The van der Waals surface area contributed by atoms with E-state index in [0.717, 1.165) is 54.4 Å². The number of nitrogens with zero attached hydrogens (tertiary/aromatic N) is 3. The van der Waals surface area contributed by atoms with E-state index in [1.807, 2.05) is 48.5 Å². The van der Waals surface area contributed by atoms with Gasteiger partial charge in [-0.15, -0.1) is 0 Å². The van der Waals surface area contributed by atoms with Gasteiger partial charge in [0.25, 0.3) is 5.19 Å². The van der Waals surface area contributed by atoms with E-state index in [1.165, 1.54) is 0 Å². The molecule has 0 bridgehead atoms. The van der Waals surface area contributed by atoms with Gasteiger partial charge >= 0.3 is 0 Å². The van der Waals surface area contributed by atoms with Crippen LogP contribution in [-0.4, -0.2) is 49.2 Å². The number of aromatic nitrogens is 1. The zero-order valence-corrected chi connectivity index (χ0v) is 14.7. The Bertz CT molecular complexity index is 780. The summed E-state index contributed by atoms with van der Waals surface area (Å²) in [4.78, 5) is 6.87. The summed E-state index contributed by atoms with van der Waals surface area (Å²) < 4.78 is 12.8. The minimum Gasteiger partial charge on any atom is -0.492 e. The monoisotopic (exact) mass is 354 g/mol. The van der Waals surface area contributed by atoms with Crippen LogP contribution in [0.5, 0.6) is 16.7 Å². The van der Waals surface area contributed by atoms with Crippen LogP contribution in [0.3, 0.4) is 0 Å². The number of fused-ring (bicyclic) bond motifs is 1. The van der Waals surface area contributed by atoms with E-state index in [4.69, 9.17) is 9.47 Å². The first-order chi connectivity index (χ1) is 12.4. The Hall–Kier alpha value is -2.15. The fraction of sp³-hybridized carbons (Fsp3) is 0.316. The largest absolute Gasteiger partial charge is 0.492 e. The van der Waals surface area contributed by atoms with Gasteiger partial charge in [-0.1, -0.05) is 23.5 Å². The minimum absolute atomic E-state index is 0.658. The number of ether oxygens (including phenoxy) is 2. The molecule has 129 valence electrons. The number of benzene rings is 2. The van der Waals surface area contributed by atoms with E-state index in [0.29, 0.717) is 11.8 Å². The van der Waals surface area contributed by atoms with Crippen molar-refractivity contribution in [3.63, 3.8) is 0 Å². The van der Waals surface area contributed by atoms with Gasteiger partial charge in [-0.25, -0.2) is 10.3 Å². The van der Waals surface area contributed by atoms with Crippen molar-refractivity contribution in [3.05, 3.63) is 48.5 Å². The van der Waals surface area contributed by atoms with Gasteiger partial charge in [-0.2, -0.15) is 0 Å². The molecule has 5 nitrogen and oxygen atoms in total. The lowest BCUT2D eigenvalue weighted by Gasteiger charge is -2.25. The molecule has 0 unspecified atom stereocenters. The number of rotatable bonds is 6. The fourth-order valence-corrected chi connectivity index (χ4v) is 3.60. The molecule has 6 heteroatoms. The smallest absolute Gasteiger partial charge is 0.279 e. The molecule has 1 fully saturated rings. The zero-order valence-electron chi connectivity index (χ0n) is 13.9. The molecule has 3 aromatic rings. The molecule has 0 saturated carbocycles. The van der Waals surface area contributed by atoms with Crippen LogP contribution in [0.1, 0.15) is 0 Å². The summed E-state index contributed by atoms with van der Waals surface area (Å²) in [6, 6.07) is 15.7. The highest BCUT2D eigenvalue weighted by Crippen LogP contribution is 2.31. The van der Waals surface area contributed by atoms with Gasteiger partial charge in [0.05, 0.1) is 10.2 Å². The Morgan fingerprint density at radius 2 is 1.72 bits per heavy atom. The molecule has 1 saturated heterocycles. The second kappa shape index (κ2) is 7.82. The van der Waals surface area contributed by atoms with Gasteiger partial charge in [0, 0.05) is 32.7 Å². The summed E-state index contributed by atoms with van der Waals surface area (Å²) in [5.74, 6) is 1.63. The Morgan fingerprint density at radius 1 is 0.960 bits per heavy atom. The molecule has 2 heterocycles. The van der Waals surface area contributed by atoms with Crippen LogP contribution in [0.2, 0.25) is 0 Å². The van der Waals surface area contributed by atoms with Crippen LogP contribution in [0.4, 0.5) is 0 Å². The molecule has 4 rings (SSSR count). The molecular weight excluding hydrogens is 334 g/mol. The van der Waals surface area contributed by atoms with Crippen LogP contribution >= 0.6 is 11.3 Å². The molecular formula is C19H20N3O2S. The van der Waals surface area contributed by atoms with Gasteiger partial charge < -0.3 is 9.47 Å². The third-order valence-corrected chi connectivity index (χ3v) is 5.04. The summed E-state index contributed by atoms with van der Waals surface area (Å²) in [6.07, 6.45) is 0. The average Bonchev–Trinajstić information content (AvgIpc) is 3.06. The highest BCUT2D eigenvalue weighted by atomic mass is 32.1. The molecule has 0 spiro atoms. The summed E-state index contributed by atoms with van der Waals surface area (Å²) >= 11 is 1.55. The quantitative estimate of drug-likeness (QED) is 0.681. The number of piperazine rings is 1. The van der Waals surface area contributed by atoms with E-state index in [2.05, 4.69) is 15.2 Å². The number of thiazole rings is 1. The van der Waals surface area contributed by atoms with Crippen LogP contribution in [0.25, 0.3) is 10.2 Å². The number of hydrogen-bond acceptors (Lipinski definition) is 5. The summed E-state index contributed by atoms with van der Waals surface area (Å²) in [5.41, 5.74) is 0.966. The van der Waals surface area contributed by atoms with Crippen molar-refractivity contribution in [2.24, 2.45) is 0 Å². The van der Waals surface area contributed by atoms with Gasteiger partial charge in [-0.05, 0) is 36.4 Å². The molecule has 25 heavy (non-hydrogen) atoms. The summed E-state index contributed by atoms with van der Waals surface area (Å²) in [5, 5.41) is 5.01. The topological polar surface area (TPSA) is 48.7 Å². The number of para-hydroxylation sites is 1. The van der Waals surface area contributed by atoms with Gasteiger partial charge in [0.2, 0.25) is 0 Å². The maximum atomic E-state index is 5.85. The van der Waals surface area contributed by atoms with Crippen LogP contribution in [0.15, 0.2) is 48.5 Å². The Labute approximate surface area is 151 Å². The molecule has 0 aliphatic carbocycles. The third kappa shape index (κ3) is 4.28. The maximum Gasteiger partial charge on any atom is 0.279 e. The van der Waals surface area contributed by atoms with Crippen molar-refractivity contribution < 1.29 is 9.47 Å². The molecule has 1 aliphatic heterocycles. The molecule has 1 radical (unpaired) electrons. The van der Waals surface area contributed by atoms with Gasteiger partial charge in [0.15, 0.2) is 0 Å². The first kappa shape index (κ1) is 16.3.